The van der Waals surface area contributed by atoms with Gasteiger partial charge < -0.3 is 14.7 Å². The predicted octanol–water partition coefficient (Wildman–Crippen LogP) is 1.33. The Bertz CT molecular complexity index is 755. The number of benzene rings is 1. The second-order valence-corrected chi connectivity index (χ2v) is 7.77. The summed E-state index contributed by atoms with van der Waals surface area (Å²) in [7, 11) is 0. The van der Waals surface area contributed by atoms with E-state index in [2.05, 4.69) is 55.0 Å². The highest BCUT2D eigenvalue weighted by Crippen LogP contribution is 2.12. The first-order valence-corrected chi connectivity index (χ1v) is 10.6. The topological polar surface area (TPSA) is 55.8 Å². The van der Waals surface area contributed by atoms with Gasteiger partial charge in [0.1, 0.15) is 0 Å². The molecule has 7 nitrogen and oxygen atoms in total. The minimum atomic E-state index is 0.269. The molecule has 0 bridgehead atoms. The maximum Gasteiger partial charge on any atom is 0.225 e. The van der Waals surface area contributed by atoms with E-state index in [0.29, 0.717) is 6.42 Å². The van der Waals surface area contributed by atoms with Gasteiger partial charge in [0.2, 0.25) is 11.9 Å². The molecule has 0 aliphatic carbocycles. The fraction of sp³-hybridized carbons (Fsp3) is 0.500. The molecule has 0 atom stereocenters. The summed E-state index contributed by atoms with van der Waals surface area (Å²) in [4.78, 5) is 30.3. The Balaban J connectivity index is 1.15. The lowest BCUT2D eigenvalue weighted by atomic mass is 10.2. The van der Waals surface area contributed by atoms with E-state index in [4.69, 9.17) is 0 Å². The SMILES string of the molecule is O=C(CCN1CCN(Cc2ccccc2)CC1)N1CCN(c2ncccn2)CC1. The van der Waals surface area contributed by atoms with Crippen molar-refractivity contribution in [3.8, 4) is 0 Å². The minimum Gasteiger partial charge on any atom is -0.339 e. The molecule has 0 unspecified atom stereocenters. The van der Waals surface area contributed by atoms with Gasteiger partial charge in [0.25, 0.3) is 0 Å². The molecule has 7 heteroatoms. The van der Waals surface area contributed by atoms with E-state index in [1.807, 2.05) is 11.0 Å². The molecule has 2 aromatic rings. The minimum absolute atomic E-state index is 0.269. The number of aromatic nitrogens is 2. The van der Waals surface area contributed by atoms with E-state index in [1.165, 1.54) is 5.56 Å². The molecule has 0 radical (unpaired) electrons. The Kier molecular flexibility index (Phi) is 6.69. The molecule has 0 saturated carbocycles. The molecule has 3 heterocycles. The summed E-state index contributed by atoms with van der Waals surface area (Å²) in [5, 5.41) is 0. The largest absolute Gasteiger partial charge is 0.339 e. The third-order valence-corrected chi connectivity index (χ3v) is 5.82. The van der Waals surface area contributed by atoms with Crippen molar-refractivity contribution >= 4 is 11.9 Å². The summed E-state index contributed by atoms with van der Waals surface area (Å²) in [6, 6.07) is 12.5. The maximum absolute atomic E-state index is 12.6. The molecule has 2 aliphatic rings. The Hall–Kier alpha value is -2.51. The zero-order valence-corrected chi connectivity index (χ0v) is 17.0. The van der Waals surface area contributed by atoms with Gasteiger partial charge in [0.05, 0.1) is 0 Å². The van der Waals surface area contributed by atoms with Crippen molar-refractivity contribution < 1.29 is 4.79 Å². The van der Waals surface area contributed by atoms with Crippen LogP contribution in [0.25, 0.3) is 0 Å². The number of anilines is 1. The number of carbonyl (C=O) groups excluding carboxylic acids is 1. The average Bonchev–Trinajstić information content (AvgIpc) is 2.80. The molecule has 1 amide bonds. The molecule has 154 valence electrons. The lowest BCUT2D eigenvalue weighted by molar-refractivity contribution is -0.131. The van der Waals surface area contributed by atoms with E-state index in [1.54, 1.807) is 12.4 Å². The second-order valence-electron chi connectivity index (χ2n) is 7.77. The fourth-order valence-electron chi connectivity index (χ4n) is 4.03. The highest BCUT2D eigenvalue weighted by molar-refractivity contribution is 5.76. The average molecular weight is 395 g/mol. The van der Waals surface area contributed by atoms with Gasteiger partial charge in [-0.05, 0) is 11.6 Å². The quantitative estimate of drug-likeness (QED) is 0.737. The summed E-state index contributed by atoms with van der Waals surface area (Å²) in [5.41, 5.74) is 1.37. The number of hydrogen-bond acceptors (Lipinski definition) is 6. The van der Waals surface area contributed by atoms with Gasteiger partial charge in [-0.25, -0.2) is 9.97 Å². The van der Waals surface area contributed by atoms with Gasteiger partial charge in [-0.3, -0.25) is 9.69 Å². The van der Waals surface area contributed by atoms with E-state index < -0.39 is 0 Å². The zero-order valence-electron chi connectivity index (χ0n) is 17.0. The third-order valence-electron chi connectivity index (χ3n) is 5.82. The number of rotatable bonds is 6. The van der Waals surface area contributed by atoms with Crippen LogP contribution in [0.3, 0.4) is 0 Å². The lowest BCUT2D eigenvalue weighted by Gasteiger charge is -2.36. The molecule has 2 aliphatic heterocycles. The van der Waals surface area contributed by atoms with E-state index in [0.717, 1.165) is 71.4 Å². The summed E-state index contributed by atoms with van der Waals surface area (Å²) in [5.74, 6) is 1.03. The van der Waals surface area contributed by atoms with Crippen LogP contribution in [-0.4, -0.2) is 89.5 Å². The van der Waals surface area contributed by atoms with Gasteiger partial charge in [-0.15, -0.1) is 0 Å². The second kappa shape index (κ2) is 9.80. The Labute approximate surface area is 172 Å². The predicted molar refractivity (Wildman–Crippen MR) is 114 cm³/mol. The van der Waals surface area contributed by atoms with E-state index in [-0.39, 0.29) is 5.91 Å². The molecule has 29 heavy (non-hydrogen) atoms. The number of piperazine rings is 2. The van der Waals surface area contributed by atoms with Gasteiger partial charge in [0, 0.05) is 84.3 Å². The fourth-order valence-corrected chi connectivity index (χ4v) is 4.03. The monoisotopic (exact) mass is 394 g/mol. The summed E-state index contributed by atoms with van der Waals surface area (Å²) in [6.45, 7) is 9.20. The molecule has 1 aromatic heterocycles. The first-order valence-electron chi connectivity index (χ1n) is 10.6. The molecule has 4 rings (SSSR count). The molecular weight excluding hydrogens is 364 g/mol. The molecule has 1 aromatic carbocycles. The first-order chi connectivity index (χ1) is 14.3. The van der Waals surface area contributed by atoms with Crippen LogP contribution in [0, 0.1) is 0 Å². The van der Waals surface area contributed by atoms with Gasteiger partial charge >= 0.3 is 0 Å². The molecule has 2 saturated heterocycles. The van der Waals surface area contributed by atoms with Crippen molar-refractivity contribution in [2.75, 3.05) is 63.8 Å². The molecule has 0 N–H and O–H groups in total. The maximum atomic E-state index is 12.6. The van der Waals surface area contributed by atoms with E-state index >= 15 is 0 Å². The standard InChI is InChI=1S/C22H30N6O/c29-21(27-15-17-28(18-16-27)22-23-8-4-9-24-22)7-10-25-11-13-26(14-12-25)19-20-5-2-1-3-6-20/h1-6,8-9H,7,10-19H2. The van der Waals surface area contributed by atoms with Crippen molar-refractivity contribution in [2.24, 2.45) is 0 Å². The van der Waals surface area contributed by atoms with Crippen molar-refractivity contribution in [1.29, 1.82) is 0 Å². The van der Waals surface area contributed by atoms with Crippen molar-refractivity contribution in [2.45, 2.75) is 13.0 Å². The van der Waals surface area contributed by atoms with Gasteiger partial charge in [-0.1, -0.05) is 30.3 Å². The van der Waals surface area contributed by atoms with Gasteiger partial charge in [-0.2, -0.15) is 0 Å². The summed E-state index contributed by atoms with van der Waals surface area (Å²) in [6.07, 6.45) is 4.14. The van der Waals surface area contributed by atoms with Crippen molar-refractivity contribution in [3.63, 3.8) is 0 Å². The normalized spacial score (nSPS) is 18.8. The molecular formula is C22H30N6O. The first kappa shape index (κ1) is 19.8. The van der Waals surface area contributed by atoms with Crippen LogP contribution in [-0.2, 0) is 11.3 Å². The van der Waals surface area contributed by atoms with Crippen LogP contribution in [0.15, 0.2) is 48.8 Å². The highest BCUT2D eigenvalue weighted by atomic mass is 16.2. The van der Waals surface area contributed by atoms with Crippen LogP contribution >= 0.6 is 0 Å². The van der Waals surface area contributed by atoms with Gasteiger partial charge in [0.15, 0.2) is 0 Å². The van der Waals surface area contributed by atoms with E-state index in [9.17, 15) is 4.79 Å². The zero-order chi connectivity index (χ0) is 19.9. The summed E-state index contributed by atoms with van der Waals surface area (Å²) >= 11 is 0. The van der Waals surface area contributed by atoms with Crippen LogP contribution in [0.5, 0.6) is 0 Å². The summed E-state index contributed by atoms with van der Waals surface area (Å²) < 4.78 is 0. The van der Waals surface area contributed by atoms with Crippen LogP contribution in [0.2, 0.25) is 0 Å². The lowest BCUT2D eigenvalue weighted by Crippen LogP contribution is -2.50. The smallest absolute Gasteiger partial charge is 0.225 e. The molecule has 0 spiro atoms. The van der Waals surface area contributed by atoms with Crippen LogP contribution < -0.4 is 4.90 Å². The molecule has 2 fully saturated rings. The van der Waals surface area contributed by atoms with Crippen molar-refractivity contribution in [1.82, 2.24) is 24.7 Å². The van der Waals surface area contributed by atoms with Crippen LogP contribution in [0.1, 0.15) is 12.0 Å². The Morgan fingerprint density at radius 2 is 1.45 bits per heavy atom. The number of nitrogens with zero attached hydrogens (tertiary/aromatic N) is 6. The number of amides is 1. The highest BCUT2D eigenvalue weighted by Gasteiger charge is 2.23. The number of carbonyl (C=O) groups is 1. The number of hydrogen-bond donors (Lipinski definition) is 0. The Morgan fingerprint density at radius 3 is 2.14 bits per heavy atom. The third kappa shape index (κ3) is 5.52. The van der Waals surface area contributed by atoms with Crippen molar-refractivity contribution in [3.05, 3.63) is 54.4 Å². The Morgan fingerprint density at radius 1 is 0.793 bits per heavy atom. The van der Waals surface area contributed by atoms with Crippen LogP contribution in [0.4, 0.5) is 5.95 Å².